The fourth-order valence-electron chi connectivity index (χ4n) is 3.00. The number of para-hydroxylation sites is 1. The minimum atomic E-state index is -0.395. The molecular weight excluding hydrogens is 293 g/mol. The minimum absolute atomic E-state index is 0.00734. The smallest absolute Gasteiger partial charge is 0.165 e. The van der Waals surface area contributed by atoms with E-state index in [0.717, 1.165) is 26.1 Å². The van der Waals surface area contributed by atoms with E-state index in [2.05, 4.69) is 17.0 Å². The highest BCUT2D eigenvalue weighted by molar-refractivity contribution is 5.23. The summed E-state index contributed by atoms with van der Waals surface area (Å²) >= 11 is 0. The van der Waals surface area contributed by atoms with Crippen molar-refractivity contribution in [2.75, 3.05) is 19.7 Å². The van der Waals surface area contributed by atoms with Gasteiger partial charge in [-0.1, -0.05) is 42.5 Å². The Morgan fingerprint density at radius 2 is 1.83 bits per heavy atom. The van der Waals surface area contributed by atoms with Gasteiger partial charge in [0.25, 0.3) is 0 Å². The summed E-state index contributed by atoms with van der Waals surface area (Å²) in [4.78, 5) is 2.32. The molecule has 1 N–H and O–H groups in total. The van der Waals surface area contributed by atoms with E-state index >= 15 is 0 Å². The van der Waals surface area contributed by atoms with Gasteiger partial charge in [-0.3, -0.25) is 4.90 Å². The lowest BCUT2D eigenvalue weighted by molar-refractivity contribution is 0.00230. The number of nitrogens with zero attached hydrogens (tertiary/aromatic N) is 1. The molecule has 122 valence electrons. The van der Waals surface area contributed by atoms with Crippen molar-refractivity contribution in [3.63, 3.8) is 0 Å². The van der Waals surface area contributed by atoms with Gasteiger partial charge in [0.2, 0.25) is 0 Å². The molecular formula is C19H22FNO2. The molecule has 0 saturated carbocycles. The molecule has 0 unspecified atom stereocenters. The van der Waals surface area contributed by atoms with Gasteiger partial charge in [0.1, 0.15) is 0 Å². The van der Waals surface area contributed by atoms with Gasteiger partial charge in [0, 0.05) is 25.6 Å². The summed E-state index contributed by atoms with van der Waals surface area (Å²) in [6.45, 7) is 2.81. The Bertz CT molecular complexity index is 620. The number of ether oxygens (including phenoxy) is 1. The van der Waals surface area contributed by atoms with Crippen molar-refractivity contribution in [3.8, 4) is 5.75 Å². The topological polar surface area (TPSA) is 32.7 Å². The van der Waals surface area contributed by atoms with Gasteiger partial charge in [-0.05, 0) is 24.1 Å². The summed E-state index contributed by atoms with van der Waals surface area (Å²) in [5, 5.41) is 10.2. The van der Waals surface area contributed by atoms with E-state index in [1.807, 2.05) is 18.2 Å². The molecule has 4 heteroatoms. The molecule has 1 heterocycles. The Morgan fingerprint density at radius 1 is 1.09 bits per heavy atom. The van der Waals surface area contributed by atoms with Crippen LogP contribution in [0.1, 0.15) is 12.0 Å². The van der Waals surface area contributed by atoms with Crippen molar-refractivity contribution in [1.29, 1.82) is 0 Å². The maximum atomic E-state index is 13.6. The fraction of sp³-hybridized carbons (Fsp3) is 0.368. The highest BCUT2D eigenvalue weighted by Gasteiger charge is 2.28. The third-order valence-corrected chi connectivity index (χ3v) is 4.32. The normalized spacial score (nSPS) is 22.0. The highest BCUT2D eigenvalue weighted by Crippen LogP contribution is 2.22. The van der Waals surface area contributed by atoms with Crippen molar-refractivity contribution >= 4 is 0 Å². The Hall–Kier alpha value is -1.91. The summed E-state index contributed by atoms with van der Waals surface area (Å²) < 4.78 is 19.2. The van der Waals surface area contributed by atoms with Crippen LogP contribution in [0.25, 0.3) is 0 Å². The quantitative estimate of drug-likeness (QED) is 0.920. The van der Waals surface area contributed by atoms with Crippen molar-refractivity contribution in [1.82, 2.24) is 4.90 Å². The van der Waals surface area contributed by atoms with Gasteiger partial charge in [-0.2, -0.15) is 0 Å². The Labute approximate surface area is 136 Å². The molecule has 1 saturated heterocycles. The maximum Gasteiger partial charge on any atom is 0.165 e. The first kappa shape index (κ1) is 16.0. The van der Waals surface area contributed by atoms with Crippen LogP contribution in [0.3, 0.4) is 0 Å². The lowest BCUT2D eigenvalue weighted by atomic mass is 9.95. The van der Waals surface area contributed by atoms with Gasteiger partial charge in [0.05, 0.1) is 12.7 Å². The molecule has 3 rings (SSSR count). The minimum Gasteiger partial charge on any atom is -0.490 e. The first-order valence-electron chi connectivity index (χ1n) is 8.04. The maximum absolute atomic E-state index is 13.6. The molecule has 0 amide bonds. The summed E-state index contributed by atoms with van der Waals surface area (Å²) in [6.07, 6.45) is 0.326. The van der Waals surface area contributed by atoms with E-state index in [1.54, 1.807) is 18.2 Å². The number of likely N-dealkylation sites (tertiary alicyclic amines) is 1. The number of benzene rings is 2. The third-order valence-electron chi connectivity index (χ3n) is 4.32. The zero-order valence-corrected chi connectivity index (χ0v) is 13.1. The lowest BCUT2D eigenvalue weighted by Crippen LogP contribution is -2.45. The molecule has 0 bridgehead atoms. The number of hydrogen-bond acceptors (Lipinski definition) is 3. The Morgan fingerprint density at radius 3 is 2.61 bits per heavy atom. The molecule has 2 atom stereocenters. The van der Waals surface area contributed by atoms with Gasteiger partial charge in [-0.25, -0.2) is 4.39 Å². The van der Waals surface area contributed by atoms with E-state index in [0.29, 0.717) is 6.61 Å². The van der Waals surface area contributed by atoms with Crippen molar-refractivity contribution in [2.24, 2.45) is 5.92 Å². The molecule has 0 spiro atoms. The number of aliphatic hydroxyl groups excluding tert-OH is 1. The van der Waals surface area contributed by atoms with Crippen LogP contribution in [-0.4, -0.2) is 35.8 Å². The van der Waals surface area contributed by atoms with Gasteiger partial charge in [-0.15, -0.1) is 0 Å². The SMILES string of the molecule is O[C@H]1CCN(Cc2ccccc2)C[C@@H]1COc1ccccc1F. The molecule has 0 aromatic heterocycles. The molecule has 1 fully saturated rings. The second-order valence-electron chi connectivity index (χ2n) is 6.08. The van der Waals surface area contributed by atoms with Crippen LogP contribution in [0.5, 0.6) is 5.75 Å². The van der Waals surface area contributed by atoms with Gasteiger partial charge >= 0.3 is 0 Å². The first-order chi connectivity index (χ1) is 11.2. The van der Waals surface area contributed by atoms with Crippen LogP contribution in [-0.2, 0) is 6.54 Å². The molecule has 2 aromatic rings. The molecule has 2 aromatic carbocycles. The average molecular weight is 315 g/mol. The molecule has 1 aliphatic heterocycles. The monoisotopic (exact) mass is 315 g/mol. The van der Waals surface area contributed by atoms with Crippen molar-refractivity contribution in [3.05, 3.63) is 66.0 Å². The van der Waals surface area contributed by atoms with Crippen LogP contribution < -0.4 is 4.74 Å². The largest absolute Gasteiger partial charge is 0.490 e. The predicted molar refractivity (Wildman–Crippen MR) is 87.7 cm³/mol. The highest BCUT2D eigenvalue weighted by atomic mass is 19.1. The van der Waals surface area contributed by atoms with E-state index in [1.165, 1.54) is 11.6 Å². The molecule has 1 aliphatic rings. The lowest BCUT2D eigenvalue weighted by Gasteiger charge is -2.36. The van der Waals surface area contributed by atoms with Crippen LogP contribution in [0.15, 0.2) is 54.6 Å². The number of rotatable bonds is 5. The molecule has 0 aliphatic carbocycles. The van der Waals surface area contributed by atoms with Crippen LogP contribution in [0.4, 0.5) is 4.39 Å². The van der Waals surface area contributed by atoms with E-state index in [4.69, 9.17) is 4.74 Å². The number of aliphatic hydroxyl groups is 1. The third kappa shape index (κ3) is 4.30. The van der Waals surface area contributed by atoms with E-state index < -0.39 is 6.10 Å². The van der Waals surface area contributed by atoms with Crippen molar-refractivity contribution in [2.45, 2.75) is 19.1 Å². The Kier molecular flexibility index (Phi) is 5.26. The van der Waals surface area contributed by atoms with Gasteiger partial charge < -0.3 is 9.84 Å². The van der Waals surface area contributed by atoms with Crippen LogP contribution in [0, 0.1) is 11.7 Å². The number of hydrogen-bond donors (Lipinski definition) is 1. The zero-order valence-electron chi connectivity index (χ0n) is 13.1. The zero-order chi connectivity index (χ0) is 16.1. The summed E-state index contributed by atoms with van der Waals surface area (Å²) in [5.74, 6) is -0.120. The summed E-state index contributed by atoms with van der Waals surface area (Å²) in [7, 11) is 0. The van der Waals surface area contributed by atoms with Crippen LogP contribution >= 0.6 is 0 Å². The van der Waals surface area contributed by atoms with Gasteiger partial charge in [0.15, 0.2) is 11.6 Å². The van der Waals surface area contributed by atoms with Crippen LogP contribution in [0.2, 0.25) is 0 Å². The fourth-order valence-corrected chi connectivity index (χ4v) is 3.00. The van der Waals surface area contributed by atoms with Crippen molar-refractivity contribution < 1.29 is 14.2 Å². The molecule has 0 radical (unpaired) electrons. The second-order valence-corrected chi connectivity index (χ2v) is 6.08. The second kappa shape index (κ2) is 7.57. The average Bonchev–Trinajstić information content (AvgIpc) is 2.57. The summed E-state index contributed by atoms with van der Waals surface area (Å²) in [6, 6.07) is 16.7. The van der Waals surface area contributed by atoms with E-state index in [9.17, 15) is 9.50 Å². The molecule has 3 nitrogen and oxygen atoms in total. The number of halogens is 1. The first-order valence-corrected chi connectivity index (χ1v) is 8.04. The standard InChI is InChI=1S/C19H22FNO2/c20-17-8-4-5-9-19(17)23-14-16-13-21(11-10-18(16)22)12-15-6-2-1-3-7-15/h1-9,16,18,22H,10-14H2/t16-,18+/m1/s1. The summed E-state index contributed by atoms with van der Waals surface area (Å²) in [5.41, 5.74) is 1.26. The number of piperidine rings is 1. The predicted octanol–water partition coefficient (Wildman–Crippen LogP) is 3.09. The Balaban J connectivity index is 1.57. The van der Waals surface area contributed by atoms with E-state index in [-0.39, 0.29) is 17.5 Å². The molecule has 23 heavy (non-hydrogen) atoms.